The molecule has 0 aliphatic carbocycles. The van der Waals surface area contributed by atoms with Crippen molar-refractivity contribution in [2.45, 2.75) is 13.3 Å². The van der Waals surface area contributed by atoms with Gasteiger partial charge in [-0.25, -0.2) is 0 Å². The summed E-state index contributed by atoms with van der Waals surface area (Å²) in [5, 5.41) is 0. The molecule has 4 heteroatoms. The summed E-state index contributed by atoms with van der Waals surface area (Å²) in [5.41, 5.74) is 0. The summed E-state index contributed by atoms with van der Waals surface area (Å²) in [5.74, 6) is 0. The summed E-state index contributed by atoms with van der Waals surface area (Å²) in [7, 11) is 3.24. The van der Waals surface area contributed by atoms with Crippen molar-refractivity contribution in [1.82, 2.24) is 4.57 Å². The molecule has 0 bridgehead atoms. The fraction of sp³-hybridized carbons (Fsp3) is 0.750. The van der Waals surface area contributed by atoms with Crippen LogP contribution < -0.4 is 0 Å². The van der Waals surface area contributed by atoms with E-state index in [2.05, 4.69) is 42.2 Å². The van der Waals surface area contributed by atoms with Gasteiger partial charge in [-0.15, -0.1) is 0 Å². The van der Waals surface area contributed by atoms with Crippen LogP contribution in [0.1, 0.15) is 13.3 Å². The van der Waals surface area contributed by atoms with Gasteiger partial charge >= 0.3 is 0 Å². The fourth-order valence-electron chi connectivity index (χ4n) is 0.315. The molecule has 0 rings (SSSR count). The summed E-state index contributed by atoms with van der Waals surface area (Å²) in [6.07, 6.45) is 1.06. The van der Waals surface area contributed by atoms with Gasteiger partial charge in [-0.2, -0.15) is 0 Å². The summed E-state index contributed by atoms with van der Waals surface area (Å²) >= 11 is 9.35. The molecule has 8 heavy (non-hydrogen) atoms. The van der Waals surface area contributed by atoms with Gasteiger partial charge in [0.1, 0.15) is 0 Å². The predicted molar refractivity (Wildman–Crippen MR) is 42.7 cm³/mol. The van der Waals surface area contributed by atoms with Crippen molar-refractivity contribution in [2.24, 2.45) is 0 Å². The molecule has 0 aliphatic heterocycles. The lowest BCUT2D eigenvalue weighted by Crippen LogP contribution is -2.25. The van der Waals surface area contributed by atoms with Gasteiger partial charge in [-0.3, -0.25) is 0 Å². The van der Waals surface area contributed by atoms with Crippen LogP contribution in [0.25, 0.3) is 0 Å². The van der Waals surface area contributed by atoms with Crippen LogP contribution in [0, 0.1) is 0 Å². The van der Waals surface area contributed by atoms with Gasteiger partial charge in [0.15, 0.2) is 10.4 Å². The molecular weight excluding hydrogens is 154 g/mol. The lowest BCUT2D eigenvalue weighted by molar-refractivity contribution is 0.654. The minimum absolute atomic E-state index is 0.475. The molecule has 45 valence electrons. The highest BCUT2D eigenvalue weighted by Gasteiger charge is 1.86. The summed E-state index contributed by atoms with van der Waals surface area (Å²) in [6.45, 7) is 2.96. The molecule has 0 aromatic carbocycles. The van der Waals surface area contributed by atoms with Gasteiger partial charge in [0, 0.05) is 6.54 Å². The summed E-state index contributed by atoms with van der Waals surface area (Å²) in [6, 6.07) is 0. The molecule has 3 radical (unpaired) electrons. The van der Waals surface area contributed by atoms with Gasteiger partial charge in [-0.05, 0) is 6.42 Å². The minimum atomic E-state index is 0.475. The van der Waals surface area contributed by atoms with E-state index in [0.717, 1.165) is 13.0 Å². The largest absolute Gasteiger partial charge is 0.415 e. The lowest BCUT2D eigenvalue weighted by Gasteiger charge is -2.21. The van der Waals surface area contributed by atoms with Crippen molar-refractivity contribution in [1.29, 1.82) is 0 Å². The number of hydrogen-bond donors (Lipinski definition) is 0. The van der Waals surface area contributed by atoms with Crippen molar-refractivity contribution in [3.63, 3.8) is 0 Å². The van der Waals surface area contributed by atoms with Crippen LogP contribution in [-0.2, 0) is 12.6 Å². The van der Waals surface area contributed by atoms with Crippen LogP contribution in [0.2, 0.25) is 0 Å². The van der Waals surface area contributed by atoms with Crippen molar-refractivity contribution < 1.29 is 0 Å². The standard InChI is InChI=1S/C4H8NS2Si/c1-2-3-5(8)4(6)7/h2-3H2,1H3,(H,6,7)/p-1. The number of nitrogens with zero attached hydrogens (tertiary/aromatic N) is 1. The zero-order valence-electron chi connectivity index (χ0n) is 4.68. The quantitative estimate of drug-likeness (QED) is 0.332. The first-order valence-electron chi connectivity index (χ1n) is 2.38. The van der Waals surface area contributed by atoms with Crippen LogP contribution in [0.4, 0.5) is 0 Å². The van der Waals surface area contributed by atoms with E-state index in [1.165, 1.54) is 0 Å². The first-order valence-corrected chi connectivity index (χ1v) is 3.64. The van der Waals surface area contributed by atoms with Gasteiger partial charge < -0.3 is 29.4 Å². The van der Waals surface area contributed by atoms with Crippen LogP contribution in [0.5, 0.6) is 0 Å². The molecular formula is C4H7NS2Si-. The van der Waals surface area contributed by atoms with E-state index < -0.39 is 0 Å². The van der Waals surface area contributed by atoms with Gasteiger partial charge in [0.2, 0.25) is 0 Å². The zero-order chi connectivity index (χ0) is 6.57. The van der Waals surface area contributed by atoms with Crippen molar-refractivity contribution in [3.8, 4) is 0 Å². The average molecular weight is 161 g/mol. The molecule has 0 aromatic heterocycles. The van der Waals surface area contributed by atoms with Crippen LogP contribution >= 0.6 is 12.2 Å². The van der Waals surface area contributed by atoms with Crippen molar-refractivity contribution in [3.05, 3.63) is 0 Å². The van der Waals surface area contributed by atoms with E-state index in [1.54, 1.807) is 4.57 Å². The molecule has 1 nitrogen and oxygen atoms in total. The number of rotatable bonds is 2. The van der Waals surface area contributed by atoms with E-state index in [0.29, 0.717) is 4.32 Å². The van der Waals surface area contributed by atoms with Gasteiger partial charge in [-0.1, -0.05) is 11.2 Å². The molecule has 0 heterocycles. The van der Waals surface area contributed by atoms with E-state index in [9.17, 15) is 0 Å². The maximum absolute atomic E-state index is 4.68. The highest BCUT2D eigenvalue weighted by atomic mass is 32.1. The third-order valence-electron chi connectivity index (χ3n) is 0.668. The molecule has 0 spiro atoms. The van der Waals surface area contributed by atoms with Crippen LogP contribution in [-0.4, -0.2) is 25.8 Å². The first kappa shape index (κ1) is 8.33. The maximum Gasteiger partial charge on any atom is 0.187 e. The Hall–Kier alpha value is 0.327. The minimum Gasteiger partial charge on any atom is -0.415 e. The summed E-state index contributed by atoms with van der Waals surface area (Å²) < 4.78 is 2.17. The second kappa shape index (κ2) is 4.23. The predicted octanol–water partition coefficient (Wildman–Crippen LogP) is 0.614. The molecule has 0 saturated carbocycles. The van der Waals surface area contributed by atoms with Gasteiger partial charge in [0.05, 0.1) is 0 Å². The number of thiocarbonyl (C=S) groups is 1. The zero-order valence-corrected chi connectivity index (χ0v) is 7.31. The Morgan fingerprint density at radius 3 is 2.50 bits per heavy atom. The molecule has 0 fully saturated rings. The third-order valence-corrected chi connectivity index (χ3v) is 1.88. The Bertz CT molecular complexity index is 86.1. The Balaban J connectivity index is 3.32. The molecule has 0 aromatic rings. The molecule has 0 atom stereocenters. The molecule has 0 saturated heterocycles. The second-order valence-corrected chi connectivity index (χ2v) is 2.99. The first-order chi connectivity index (χ1) is 3.68. The van der Waals surface area contributed by atoms with E-state index in [1.807, 2.05) is 0 Å². The second-order valence-electron chi connectivity index (χ2n) is 1.42. The highest BCUT2D eigenvalue weighted by molar-refractivity contribution is 8.00. The summed E-state index contributed by atoms with van der Waals surface area (Å²) in [4.78, 5) is 0. The Kier molecular flexibility index (Phi) is 4.40. The Morgan fingerprint density at radius 1 is 1.88 bits per heavy atom. The molecule has 0 N–H and O–H groups in total. The molecule has 0 aliphatic rings. The molecule has 0 unspecified atom stereocenters. The Labute approximate surface area is 64.4 Å². The van der Waals surface area contributed by atoms with Crippen LogP contribution in [0.3, 0.4) is 0 Å². The van der Waals surface area contributed by atoms with E-state index >= 15 is 0 Å². The van der Waals surface area contributed by atoms with Crippen molar-refractivity contribution in [2.75, 3.05) is 6.54 Å². The van der Waals surface area contributed by atoms with Crippen molar-refractivity contribution >= 4 is 39.6 Å². The monoisotopic (exact) mass is 161 g/mol. The fourth-order valence-corrected chi connectivity index (χ4v) is 0.721. The van der Waals surface area contributed by atoms with E-state index in [-0.39, 0.29) is 0 Å². The maximum atomic E-state index is 4.68. The SMILES string of the molecule is CCCN([Si])C(=S)[S-]. The molecule has 0 amide bonds. The normalized spacial score (nSPS) is 8.75. The third kappa shape index (κ3) is 3.34. The van der Waals surface area contributed by atoms with Gasteiger partial charge in [0.25, 0.3) is 0 Å². The average Bonchev–Trinajstić information content (AvgIpc) is 1.67. The number of hydrogen-bond acceptors (Lipinski definition) is 2. The Morgan fingerprint density at radius 2 is 2.38 bits per heavy atom. The lowest BCUT2D eigenvalue weighted by atomic mass is 10.5. The highest BCUT2D eigenvalue weighted by Crippen LogP contribution is 1.85. The van der Waals surface area contributed by atoms with E-state index in [4.69, 9.17) is 0 Å². The smallest absolute Gasteiger partial charge is 0.187 e. The van der Waals surface area contributed by atoms with Crippen LogP contribution in [0.15, 0.2) is 0 Å². The topological polar surface area (TPSA) is 3.24 Å².